The van der Waals surface area contributed by atoms with Gasteiger partial charge in [-0.1, -0.05) is 36.4 Å². The summed E-state index contributed by atoms with van der Waals surface area (Å²) in [5, 5.41) is 11.0. The van der Waals surface area contributed by atoms with Gasteiger partial charge in [-0.05, 0) is 11.6 Å². The summed E-state index contributed by atoms with van der Waals surface area (Å²) in [6, 6.07) is 13.4. The van der Waals surface area contributed by atoms with Crippen LogP contribution in [0.4, 0.5) is 11.4 Å². The van der Waals surface area contributed by atoms with Crippen molar-refractivity contribution in [1.82, 2.24) is 0 Å². The molecule has 0 fully saturated rings. The second-order valence-electron chi connectivity index (χ2n) is 4.63. The summed E-state index contributed by atoms with van der Waals surface area (Å²) >= 11 is 0. The largest absolute Gasteiger partial charge is 0.300 e. The Morgan fingerprint density at radius 2 is 1.71 bits per heavy atom. The highest BCUT2D eigenvalue weighted by Crippen LogP contribution is 2.36. The van der Waals surface area contributed by atoms with E-state index in [0.29, 0.717) is 5.69 Å². The van der Waals surface area contributed by atoms with E-state index in [-0.39, 0.29) is 17.8 Å². The molecule has 21 heavy (non-hydrogen) atoms. The summed E-state index contributed by atoms with van der Waals surface area (Å²) in [6.07, 6.45) is 0. The van der Waals surface area contributed by atoms with Gasteiger partial charge in [-0.15, -0.1) is 0 Å². The standard InChI is InChI=1S/C15H10N2O4/c18-14-13-11(7-4-8-12(13)17(20)21)16(15(14)19)9-10-5-2-1-3-6-10/h1-8H,9H2. The molecule has 0 saturated heterocycles. The molecule has 6 heteroatoms. The van der Waals surface area contributed by atoms with Crippen molar-refractivity contribution >= 4 is 23.1 Å². The van der Waals surface area contributed by atoms with Gasteiger partial charge < -0.3 is 4.90 Å². The second kappa shape index (κ2) is 4.82. The third-order valence-corrected chi connectivity index (χ3v) is 3.36. The summed E-state index contributed by atoms with van der Waals surface area (Å²) in [7, 11) is 0. The molecule has 0 atom stereocenters. The average molecular weight is 282 g/mol. The van der Waals surface area contributed by atoms with Gasteiger partial charge in [0.2, 0.25) is 0 Å². The maximum absolute atomic E-state index is 12.1. The number of nitrogens with zero attached hydrogens (tertiary/aromatic N) is 2. The van der Waals surface area contributed by atoms with Crippen LogP contribution in [-0.2, 0) is 11.3 Å². The van der Waals surface area contributed by atoms with E-state index in [1.165, 1.54) is 17.0 Å². The molecule has 0 saturated carbocycles. The number of nitro benzene ring substituents is 1. The molecular formula is C15H10N2O4. The van der Waals surface area contributed by atoms with Crippen LogP contribution in [0, 0.1) is 10.1 Å². The number of nitro groups is 1. The highest BCUT2D eigenvalue weighted by molar-refractivity contribution is 6.53. The summed E-state index contributed by atoms with van der Waals surface area (Å²) in [4.78, 5) is 35.8. The van der Waals surface area contributed by atoms with Gasteiger partial charge in [0.15, 0.2) is 0 Å². The average Bonchev–Trinajstić information content (AvgIpc) is 2.73. The Bertz CT molecular complexity index is 756. The fraction of sp³-hybridized carbons (Fsp3) is 0.0667. The number of hydrogen-bond acceptors (Lipinski definition) is 4. The third-order valence-electron chi connectivity index (χ3n) is 3.36. The van der Waals surface area contributed by atoms with Crippen LogP contribution in [0.1, 0.15) is 15.9 Å². The normalized spacial score (nSPS) is 13.4. The molecule has 0 spiro atoms. The van der Waals surface area contributed by atoms with Gasteiger partial charge in [0.1, 0.15) is 5.56 Å². The lowest BCUT2D eigenvalue weighted by atomic mass is 10.1. The van der Waals surface area contributed by atoms with Crippen molar-refractivity contribution in [3.8, 4) is 0 Å². The number of ketones is 1. The Labute approximate surface area is 119 Å². The number of benzene rings is 2. The van der Waals surface area contributed by atoms with Gasteiger partial charge in [-0.2, -0.15) is 0 Å². The first-order valence-electron chi connectivity index (χ1n) is 6.27. The van der Waals surface area contributed by atoms with Crippen molar-refractivity contribution in [2.24, 2.45) is 0 Å². The maximum Gasteiger partial charge on any atom is 0.300 e. The molecule has 6 nitrogen and oxygen atoms in total. The van der Waals surface area contributed by atoms with Crippen LogP contribution < -0.4 is 4.90 Å². The SMILES string of the molecule is O=C1C(=O)N(Cc2ccccc2)c2cccc([N+](=O)[O-])c21. The van der Waals surface area contributed by atoms with Gasteiger partial charge in [-0.3, -0.25) is 19.7 Å². The van der Waals surface area contributed by atoms with E-state index >= 15 is 0 Å². The van der Waals surface area contributed by atoms with Crippen molar-refractivity contribution in [3.63, 3.8) is 0 Å². The number of Topliss-reactive ketones (excluding diaryl/α,β-unsaturated/α-hetero) is 1. The quantitative estimate of drug-likeness (QED) is 0.491. The number of carbonyl (C=O) groups is 2. The third kappa shape index (κ3) is 2.06. The smallest absolute Gasteiger partial charge is 0.300 e. The lowest BCUT2D eigenvalue weighted by molar-refractivity contribution is -0.385. The number of rotatable bonds is 3. The van der Waals surface area contributed by atoms with Crippen molar-refractivity contribution in [1.29, 1.82) is 0 Å². The topological polar surface area (TPSA) is 80.5 Å². The Morgan fingerprint density at radius 1 is 1.00 bits per heavy atom. The first-order valence-corrected chi connectivity index (χ1v) is 6.27. The second-order valence-corrected chi connectivity index (χ2v) is 4.63. The molecule has 2 aromatic rings. The van der Waals surface area contributed by atoms with Crippen molar-refractivity contribution in [2.45, 2.75) is 6.54 Å². The van der Waals surface area contributed by atoms with Crippen LogP contribution in [0.2, 0.25) is 0 Å². The van der Waals surface area contributed by atoms with Crippen LogP contribution in [0.25, 0.3) is 0 Å². The Hall–Kier alpha value is -3.02. The molecule has 1 aliphatic rings. The highest BCUT2D eigenvalue weighted by atomic mass is 16.6. The summed E-state index contributed by atoms with van der Waals surface area (Å²) < 4.78 is 0. The van der Waals surface area contributed by atoms with E-state index in [0.717, 1.165) is 5.56 Å². The number of anilines is 1. The molecule has 0 unspecified atom stereocenters. The molecule has 0 aromatic heterocycles. The van der Waals surface area contributed by atoms with Crippen LogP contribution in [0.3, 0.4) is 0 Å². The Kier molecular flexibility index (Phi) is 2.98. The first-order chi connectivity index (χ1) is 10.1. The predicted octanol–water partition coefficient (Wildman–Crippen LogP) is 2.32. The zero-order chi connectivity index (χ0) is 15.0. The molecule has 2 aromatic carbocycles. The van der Waals surface area contributed by atoms with E-state index in [1.807, 2.05) is 30.3 Å². The summed E-state index contributed by atoms with van der Waals surface area (Å²) in [5.74, 6) is -1.56. The van der Waals surface area contributed by atoms with Crippen molar-refractivity contribution < 1.29 is 14.5 Å². The lowest BCUT2D eigenvalue weighted by Crippen LogP contribution is -2.29. The minimum Gasteiger partial charge on any atom is -0.300 e. The fourth-order valence-corrected chi connectivity index (χ4v) is 2.40. The maximum atomic E-state index is 12.1. The van der Waals surface area contributed by atoms with Gasteiger partial charge in [-0.25, -0.2) is 0 Å². The molecule has 1 heterocycles. The fourth-order valence-electron chi connectivity index (χ4n) is 2.40. The molecular weight excluding hydrogens is 272 g/mol. The highest BCUT2D eigenvalue weighted by Gasteiger charge is 2.40. The van der Waals surface area contributed by atoms with Gasteiger partial charge in [0, 0.05) is 6.07 Å². The summed E-state index contributed by atoms with van der Waals surface area (Å²) in [6.45, 7) is 0.208. The van der Waals surface area contributed by atoms with Crippen molar-refractivity contribution in [3.05, 3.63) is 69.8 Å². The molecule has 3 rings (SSSR count). The predicted molar refractivity (Wildman–Crippen MR) is 75.1 cm³/mol. The summed E-state index contributed by atoms with van der Waals surface area (Å²) in [5.41, 5.74) is 0.686. The molecule has 0 radical (unpaired) electrons. The van der Waals surface area contributed by atoms with E-state index in [4.69, 9.17) is 0 Å². The molecule has 0 aliphatic carbocycles. The molecule has 0 bridgehead atoms. The van der Waals surface area contributed by atoms with Gasteiger partial charge >= 0.3 is 0 Å². The van der Waals surface area contributed by atoms with E-state index in [9.17, 15) is 19.7 Å². The molecule has 1 aliphatic heterocycles. The van der Waals surface area contributed by atoms with E-state index in [1.54, 1.807) is 6.07 Å². The number of fused-ring (bicyclic) bond motifs is 1. The van der Waals surface area contributed by atoms with Crippen molar-refractivity contribution in [2.75, 3.05) is 4.90 Å². The zero-order valence-electron chi connectivity index (χ0n) is 10.9. The molecule has 0 N–H and O–H groups in total. The van der Waals surface area contributed by atoms with E-state index in [2.05, 4.69) is 0 Å². The Balaban J connectivity index is 2.07. The lowest BCUT2D eigenvalue weighted by Gasteiger charge is -2.16. The number of carbonyl (C=O) groups excluding carboxylic acids is 2. The minimum absolute atomic E-state index is 0.122. The van der Waals surface area contributed by atoms with Gasteiger partial charge in [0.05, 0.1) is 17.2 Å². The van der Waals surface area contributed by atoms with Crippen LogP contribution in [-0.4, -0.2) is 16.6 Å². The first kappa shape index (κ1) is 13.0. The van der Waals surface area contributed by atoms with Crippen LogP contribution >= 0.6 is 0 Å². The molecule has 104 valence electrons. The number of amides is 1. The van der Waals surface area contributed by atoms with Gasteiger partial charge in [0.25, 0.3) is 17.4 Å². The van der Waals surface area contributed by atoms with E-state index < -0.39 is 16.6 Å². The molecule has 1 amide bonds. The number of hydrogen-bond donors (Lipinski definition) is 0. The Morgan fingerprint density at radius 3 is 2.38 bits per heavy atom. The monoisotopic (exact) mass is 282 g/mol. The zero-order valence-corrected chi connectivity index (χ0v) is 10.9. The van der Waals surface area contributed by atoms with Crippen LogP contribution in [0.15, 0.2) is 48.5 Å². The van der Waals surface area contributed by atoms with Crippen LogP contribution in [0.5, 0.6) is 0 Å². The minimum atomic E-state index is -0.826.